The van der Waals surface area contributed by atoms with E-state index in [1.165, 1.54) is 0 Å². The average molecular weight is 199 g/mol. The van der Waals surface area contributed by atoms with E-state index in [2.05, 4.69) is 39.5 Å². The van der Waals surface area contributed by atoms with E-state index in [1.807, 2.05) is 0 Å². The quantitative estimate of drug-likeness (QED) is 0.587. The summed E-state index contributed by atoms with van der Waals surface area (Å²) >= 11 is 0. The lowest BCUT2D eigenvalue weighted by atomic mass is 10.1. The molecule has 0 rings (SSSR count). The average Bonchev–Trinajstić information content (AvgIpc) is 2.01. The van der Waals surface area contributed by atoms with Gasteiger partial charge >= 0.3 is 0 Å². The second-order valence-corrected chi connectivity index (χ2v) is 4.99. The standard InChI is InChI=1S/C12H25NO/c1-10(2)8-13(9-11(3)4)12(5)6-7-14/h7,10-12H,6,8-9H2,1-5H3. The molecule has 0 amide bonds. The minimum atomic E-state index is 0.386. The first-order valence-electron chi connectivity index (χ1n) is 5.65. The highest BCUT2D eigenvalue weighted by molar-refractivity contribution is 5.50. The summed E-state index contributed by atoms with van der Waals surface area (Å²) in [7, 11) is 0. The molecule has 0 aliphatic carbocycles. The van der Waals surface area contributed by atoms with E-state index in [9.17, 15) is 4.79 Å². The van der Waals surface area contributed by atoms with Crippen molar-refractivity contribution in [2.24, 2.45) is 11.8 Å². The van der Waals surface area contributed by atoms with Crippen LogP contribution in [0, 0.1) is 11.8 Å². The van der Waals surface area contributed by atoms with Crippen molar-refractivity contribution in [1.29, 1.82) is 0 Å². The first-order chi connectivity index (χ1) is 6.47. The first-order valence-corrected chi connectivity index (χ1v) is 5.65. The Hall–Kier alpha value is -0.370. The zero-order valence-electron chi connectivity index (χ0n) is 10.3. The molecule has 0 aromatic heterocycles. The molecule has 0 aliphatic heterocycles. The fourth-order valence-corrected chi connectivity index (χ4v) is 1.66. The molecule has 1 unspecified atom stereocenters. The molecule has 0 N–H and O–H groups in total. The molecule has 2 nitrogen and oxygen atoms in total. The van der Waals surface area contributed by atoms with Gasteiger partial charge in [0.05, 0.1) is 0 Å². The molecule has 0 saturated carbocycles. The predicted molar refractivity (Wildman–Crippen MR) is 61.4 cm³/mol. The van der Waals surface area contributed by atoms with Gasteiger partial charge in [0.1, 0.15) is 6.29 Å². The lowest BCUT2D eigenvalue weighted by Gasteiger charge is -2.31. The fourth-order valence-electron chi connectivity index (χ4n) is 1.66. The number of carbonyl (C=O) groups excluding carboxylic acids is 1. The molecule has 14 heavy (non-hydrogen) atoms. The van der Waals surface area contributed by atoms with Gasteiger partial charge in [-0.3, -0.25) is 4.90 Å². The lowest BCUT2D eigenvalue weighted by Crippen LogP contribution is -2.38. The molecule has 0 radical (unpaired) electrons. The van der Waals surface area contributed by atoms with E-state index in [0.717, 1.165) is 19.4 Å². The van der Waals surface area contributed by atoms with Crippen LogP contribution in [0.5, 0.6) is 0 Å². The van der Waals surface area contributed by atoms with E-state index < -0.39 is 0 Å². The molecule has 0 aromatic rings. The van der Waals surface area contributed by atoms with Crippen LogP contribution in [-0.2, 0) is 4.79 Å². The minimum Gasteiger partial charge on any atom is -0.303 e. The summed E-state index contributed by atoms with van der Waals surface area (Å²) < 4.78 is 0. The summed E-state index contributed by atoms with van der Waals surface area (Å²) in [6.07, 6.45) is 1.68. The van der Waals surface area contributed by atoms with Crippen molar-refractivity contribution in [2.45, 2.75) is 47.1 Å². The van der Waals surface area contributed by atoms with Crippen molar-refractivity contribution >= 4 is 6.29 Å². The Kier molecular flexibility index (Phi) is 6.81. The Labute approximate surface area is 88.7 Å². The van der Waals surface area contributed by atoms with Crippen LogP contribution in [0.1, 0.15) is 41.0 Å². The third kappa shape index (κ3) is 6.14. The van der Waals surface area contributed by atoms with E-state index in [-0.39, 0.29) is 0 Å². The fraction of sp³-hybridized carbons (Fsp3) is 0.917. The molecule has 0 aliphatic rings. The van der Waals surface area contributed by atoms with Gasteiger partial charge in [-0.1, -0.05) is 27.7 Å². The normalized spacial score (nSPS) is 14.0. The van der Waals surface area contributed by atoms with Crippen molar-refractivity contribution < 1.29 is 4.79 Å². The third-order valence-electron chi connectivity index (χ3n) is 2.26. The first kappa shape index (κ1) is 13.6. The molecule has 1 atom stereocenters. The van der Waals surface area contributed by atoms with Crippen molar-refractivity contribution in [1.82, 2.24) is 4.90 Å². The zero-order chi connectivity index (χ0) is 11.1. The van der Waals surface area contributed by atoms with Gasteiger partial charge in [0, 0.05) is 25.6 Å². The van der Waals surface area contributed by atoms with Gasteiger partial charge in [0.2, 0.25) is 0 Å². The summed E-state index contributed by atoms with van der Waals surface area (Å²) in [6, 6.07) is 0.386. The van der Waals surface area contributed by atoms with Crippen LogP contribution >= 0.6 is 0 Å². The maximum Gasteiger partial charge on any atom is 0.121 e. The molecular weight excluding hydrogens is 174 g/mol. The van der Waals surface area contributed by atoms with Gasteiger partial charge < -0.3 is 4.79 Å². The molecule has 84 valence electrons. The summed E-state index contributed by atoms with van der Waals surface area (Å²) in [6.45, 7) is 13.2. The molecule has 0 aromatic carbocycles. The van der Waals surface area contributed by atoms with Crippen LogP contribution in [-0.4, -0.2) is 30.3 Å². The Balaban J connectivity index is 4.14. The van der Waals surface area contributed by atoms with Crippen LogP contribution < -0.4 is 0 Å². The number of hydrogen-bond acceptors (Lipinski definition) is 2. The Bertz CT molecular complexity index is 144. The second kappa shape index (κ2) is 6.99. The van der Waals surface area contributed by atoms with E-state index in [1.54, 1.807) is 0 Å². The van der Waals surface area contributed by atoms with Gasteiger partial charge in [-0.15, -0.1) is 0 Å². The number of aldehydes is 1. The summed E-state index contributed by atoms with van der Waals surface area (Å²) in [5, 5.41) is 0. The maximum atomic E-state index is 10.5. The number of hydrogen-bond donors (Lipinski definition) is 0. The van der Waals surface area contributed by atoms with Crippen LogP contribution in [0.2, 0.25) is 0 Å². The highest BCUT2D eigenvalue weighted by Crippen LogP contribution is 2.09. The monoisotopic (exact) mass is 199 g/mol. The zero-order valence-corrected chi connectivity index (χ0v) is 10.3. The van der Waals surface area contributed by atoms with E-state index in [0.29, 0.717) is 24.3 Å². The molecule has 0 saturated heterocycles. The summed E-state index contributed by atoms with van der Waals surface area (Å²) in [5.41, 5.74) is 0. The van der Waals surface area contributed by atoms with Gasteiger partial charge in [0.25, 0.3) is 0 Å². The summed E-state index contributed by atoms with van der Waals surface area (Å²) in [5.74, 6) is 1.34. The van der Waals surface area contributed by atoms with Gasteiger partial charge in [-0.25, -0.2) is 0 Å². The topological polar surface area (TPSA) is 20.3 Å². The number of carbonyl (C=O) groups is 1. The molecular formula is C12H25NO. The maximum absolute atomic E-state index is 10.5. The van der Waals surface area contributed by atoms with Gasteiger partial charge in [-0.2, -0.15) is 0 Å². The smallest absolute Gasteiger partial charge is 0.121 e. The van der Waals surface area contributed by atoms with E-state index in [4.69, 9.17) is 0 Å². The molecule has 2 heteroatoms. The molecule has 0 fully saturated rings. The minimum absolute atomic E-state index is 0.386. The second-order valence-electron chi connectivity index (χ2n) is 4.99. The van der Waals surface area contributed by atoms with E-state index >= 15 is 0 Å². The predicted octanol–water partition coefficient (Wildman–Crippen LogP) is 2.58. The highest BCUT2D eigenvalue weighted by Gasteiger charge is 2.15. The van der Waals surface area contributed by atoms with Crippen LogP contribution in [0.3, 0.4) is 0 Å². The molecule has 0 bridgehead atoms. The number of rotatable bonds is 7. The Morgan fingerprint density at radius 1 is 1.00 bits per heavy atom. The lowest BCUT2D eigenvalue weighted by molar-refractivity contribution is -0.108. The highest BCUT2D eigenvalue weighted by atomic mass is 16.1. The van der Waals surface area contributed by atoms with Crippen molar-refractivity contribution in [2.75, 3.05) is 13.1 Å². The van der Waals surface area contributed by atoms with Crippen LogP contribution in [0.4, 0.5) is 0 Å². The Morgan fingerprint density at radius 2 is 1.43 bits per heavy atom. The van der Waals surface area contributed by atoms with Gasteiger partial charge in [0.15, 0.2) is 0 Å². The van der Waals surface area contributed by atoms with Crippen molar-refractivity contribution in [3.63, 3.8) is 0 Å². The van der Waals surface area contributed by atoms with Gasteiger partial charge in [-0.05, 0) is 18.8 Å². The Morgan fingerprint density at radius 3 is 1.71 bits per heavy atom. The largest absolute Gasteiger partial charge is 0.303 e. The van der Waals surface area contributed by atoms with Crippen molar-refractivity contribution in [3.8, 4) is 0 Å². The summed E-state index contributed by atoms with van der Waals surface area (Å²) in [4.78, 5) is 12.9. The van der Waals surface area contributed by atoms with Crippen LogP contribution in [0.25, 0.3) is 0 Å². The van der Waals surface area contributed by atoms with Crippen molar-refractivity contribution in [3.05, 3.63) is 0 Å². The third-order valence-corrected chi connectivity index (χ3v) is 2.26. The molecule has 0 heterocycles. The molecule has 0 spiro atoms. The van der Waals surface area contributed by atoms with Crippen LogP contribution in [0.15, 0.2) is 0 Å². The SMILES string of the molecule is CC(C)CN(CC(C)C)C(C)CC=O. The number of nitrogens with zero attached hydrogens (tertiary/aromatic N) is 1.